The average molecular weight is 330 g/mol. The van der Waals surface area contributed by atoms with E-state index in [0.717, 1.165) is 19.3 Å². The predicted octanol–water partition coefficient (Wildman–Crippen LogP) is 2.66. The fourth-order valence-electron chi connectivity index (χ4n) is 2.51. The Labute approximate surface area is 133 Å². The number of hydrogen-bond acceptors (Lipinski definition) is 2. The Hall–Kier alpha value is -1.46. The quantitative estimate of drug-likeness (QED) is 0.894. The number of carbonyl (C=O) groups excluding carboxylic acids is 2. The number of nitrogens with zero attached hydrogens (tertiary/aromatic N) is 1. The van der Waals surface area contributed by atoms with Gasteiger partial charge in [0.25, 0.3) is 5.91 Å². The number of benzene rings is 1. The van der Waals surface area contributed by atoms with Gasteiger partial charge in [0, 0.05) is 24.2 Å². The van der Waals surface area contributed by atoms with Crippen LogP contribution in [-0.2, 0) is 0 Å². The normalized spacial score (nSPS) is 18.4. The number of primary amides is 1. The Morgan fingerprint density at radius 3 is 2.81 bits per heavy atom. The third kappa shape index (κ3) is 4.02. The van der Waals surface area contributed by atoms with Crippen LogP contribution in [-0.4, -0.2) is 36.0 Å². The van der Waals surface area contributed by atoms with Crippen molar-refractivity contribution in [2.45, 2.75) is 25.3 Å². The molecule has 0 saturated carbocycles. The van der Waals surface area contributed by atoms with Gasteiger partial charge in [0.2, 0.25) is 0 Å². The maximum Gasteiger partial charge on any atom is 0.312 e. The molecule has 0 spiro atoms. The summed E-state index contributed by atoms with van der Waals surface area (Å²) in [5.74, 6) is -0.168. The average Bonchev–Trinajstić information content (AvgIpc) is 2.47. The van der Waals surface area contributed by atoms with E-state index >= 15 is 0 Å². The first-order chi connectivity index (χ1) is 9.99. The Balaban J connectivity index is 2.18. The first kappa shape index (κ1) is 15.9. The fraction of sp³-hybridized carbons (Fsp3) is 0.429. The molecule has 0 unspecified atom stereocenters. The highest BCUT2D eigenvalue weighted by atomic mass is 35.5. The van der Waals surface area contributed by atoms with Crippen molar-refractivity contribution in [3.8, 4) is 0 Å². The molecule has 7 heteroatoms. The zero-order valence-electron chi connectivity index (χ0n) is 11.4. The predicted molar refractivity (Wildman–Crippen MR) is 82.7 cm³/mol. The van der Waals surface area contributed by atoms with E-state index in [1.54, 1.807) is 23.1 Å². The van der Waals surface area contributed by atoms with Crippen LogP contribution in [0.5, 0.6) is 0 Å². The van der Waals surface area contributed by atoms with Crippen molar-refractivity contribution in [2.24, 2.45) is 5.73 Å². The first-order valence-corrected chi connectivity index (χ1v) is 7.54. The van der Waals surface area contributed by atoms with E-state index < -0.39 is 6.03 Å². The number of piperidine rings is 1. The number of carbonyl (C=O) groups is 2. The number of nitrogens with one attached hydrogen (secondary N) is 1. The number of rotatable bonds is 3. The van der Waals surface area contributed by atoms with Crippen molar-refractivity contribution >= 4 is 35.1 Å². The van der Waals surface area contributed by atoms with Gasteiger partial charge in [-0.15, -0.1) is 0 Å². The lowest BCUT2D eigenvalue weighted by Gasteiger charge is -2.36. The van der Waals surface area contributed by atoms with E-state index in [4.69, 9.17) is 28.9 Å². The molecule has 5 nitrogen and oxygen atoms in total. The summed E-state index contributed by atoms with van der Waals surface area (Å²) in [7, 11) is 0. The van der Waals surface area contributed by atoms with Gasteiger partial charge < -0.3 is 16.0 Å². The SMILES string of the molecule is NC(=O)NC[C@@H]1CCCCN1C(=O)c1cc(Cl)ccc1Cl. The Morgan fingerprint density at radius 2 is 2.10 bits per heavy atom. The molecule has 21 heavy (non-hydrogen) atoms. The lowest BCUT2D eigenvalue weighted by atomic mass is 10.0. The molecule has 0 aliphatic carbocycles. The van der Waals surface area contributed by atoms with Crippen LogP contribution >= 0.6 is 23.2 Å². The van der Waals surface area contributed by atoms with Crippen LogP contribution in [0.4, 0.5) is 4.79 Å². The van der Waals surface area contributed by atoms with Gasteiger partial charge in [-0.2, -0.15) is 0 Å². The molecular formula is C14H17Cl2N3O2. The van der Waals surface area contributed by atoms with Crippen molar-refractivity contribution in [2.75, 3.05) is 13.1 Å². The molecule has 1 aliphatic rings. The van der Waals surface area contributed by atoms with Gasteiger partial charge in [-0.3, -0.25) is 4.79 Å². The summed E-state index contributed by atoms with van der Waals surface area (Å²) < 4.78 is 0. The molecule has 3 amide bonds. The second-order valence-corrected chi connectivity index (χ2v) is 5.86. The van der Waals surface area contributed by atoms with Crippen LogP contribution in [0.15, 0.2) is 18.2 Å². The second-order valence-electron chi connectivity index (χ2n) is 5.02. The number of urea groups is 1. The molecule has 3 N–H and O–H groups in total. The largest absolute Gasteiger partial charge is 0.352 e. The molecule has 1 heterocycles. The number of likely N-dealkylation sites (tertiary alicyclic amines) is 1. The van der Waals surface area contributed by atoms with E-state index in [-0.39, 0.29) is 11.9 Å². The minimum atomic E-state index is -0.589. The van der Waals surface area contributed by atoms with Crippen LogP contribution in [0.3, 0.4) is 0 Å². The van der Waals surface area contributed by atoms with Crippen molar-refractivity contribution in [1.29, 1.82) is 0 Å². The molecule has 1 aliphatic heterocycles. The van der Waals surface area contributed by atoms with Crippen LogP contribution < -0.4 is 11.1 Å². The van der Waals surface area contributed by atoms with Gasteiger partial charge in [0.05, 0.1) is 10.6 Å². The van der Waals surface area contributed by atoms with Crippen molar-refractivity contribution in [1.82, 2.24) is 10.2 Å². The summed E-state index contributed by atoms with van der Waals surface area (Å²) in [6.45, 7) is 0.978. The highest BCUT2D eigenvalue weighted by molar-refractivity contribution is 6.35. The van der Waals surface area contributed by atoms with Crippen molar-refractivity contribution in [3.05, 3.63) is 33.8 Å². The smallest absolute Gasteiger partial charge is 0.312 e. The monoisotopic (exact) mass is 329 g/mol. The van der Waals surface area contributed by atoms with Crippen molar-refractivity contribution in [3.63, 3.8) is 0 Å². The lowest BCUT2D eigenvalue weighted by Crippen LogP contribution is -2.50. The fourth-order valence-corrected chi connectivity index (χ4v) is 2.89. The highest BCUT2D eigenvalue weighted by Crippen LogP contribution is 2.25. The van der Waals surface area contributed by atoms with Crippen LogP contribution in [0.25, 0.3) is 0 Å². The molecule has 1 aromatic rings. The Bertz CT molecular complexity index is 551. The second kappa shape index (κ2) is 7.00. The molecule has 1 atom stereocenters. The first-order valence-electron chi connectivity index (χ1n) is 6.78. The third-order valence-corrected chi connectivity index (χ3v) is 4.12. The van der Waals surface area contributed by atoms with Gasteiger partial charge in [-0.25, -0.2) is 4.79 Å². The van der Waals surface area contributed by atoms with Gasteiger partial charge in [-0.1, -0.05) is 23.2 Å². The molecular weight excluding hydrogens is 313 g/mol. The Kier molecular flexibility index (Phi) is 5.31. The number of nitrogens with two attached hydrogens (primary N) is 1. The van der Waals surface area contributed by atoms with E-state index in [1.807, 2.05) is 0 Å². The van der Waals surface area contributed by atoms with Gasteiger partial charge in [0.1, 0.15) is 0 Å². The highest BCUT2D eigenvalue weighted by Gasteiger charge is 2.28. The lowest BCUT2D eigenvalue weighted by molar-refractivity contribution is 0.0615. The summed E-state index contributed by atoms with van der Waals surface area (Å²) in [4.78, 5) is 25.3. The molecule has 0 radical (unpaired) electrons. The van der Waals surface area contributed by atoms with Crippen LogP contribution in [0.2, 0.25) is 10.0 Å². The Morgan fingerprint density at radius 1 is 1.33 bits per heavy atom. The summed E-state index contributed by atoms with van der Waals surface area (Å²) in [6.07, 6.45) is 2.76. The summed E-state index contributed by atoms with van der Waals surface area (Å²) in [5.41, 5.74) is 5.48. The molecule has 1 saturated heterocycles. The van der Waals surface area contributed by atoms with Crippen LogP contribution in [0.1, 0.15) is 29.6 Å². The molecule has 0 aromatic heterocycles. The summed E-state index contributed by atoms with van der Waals surface area (Å²) in [6, 6.07) is 4.16. The van der Waals surface area contributed by atoms with Gasteiger partial charge in [0.15, 0.2) is 0 Å². The molecule has 2 rings (SSSR count). The topological polar surface area (TPSA) is 75.4 Å². The van der Waals surface area contributed by atoms with E-state index in [9.17, 15) is 9.59 Å². The number of hydrogen-bond donors (Lipinski definition) is 2. The molecule has 1 fully saturated rings. The van der Waals surface area contributed by atoms with Gasteiger partial charge >= 0.3 is 6.03 Å². The van der Waals surface area contributed by atoms with E-state index in [1.165, 1.54) is 0 Å². The molecule has 0 bridgehead atoms. The number of halogens is 2. The maximum atomic E-state index is 12.7. The minimum absolute atomic E-state index is 0.0752. The van der Waals surface area contributed by atoms with Crippen molar-refractivity contribution < 1.29 is 9.59 Å². The van der Waals surface area contributed by atoms with Gasteiger partial charge in [-0.05, 0) is 37.5 Å². The third-order valence-electron chi connectivity index (χ3n) is 3.56. The van der Waals surface area contributed by atoms with Crippen LogP contribution in [0, 0.1) is 0 Å². The standard InChI is InChI=1S/C14H17Cl2N3O2/c15-9-4-5-12(16)11(7-9)13(20)19-6-2-1-3-10(19)8-18-14(17)21/h4-5,7,10H,1-3,6,8H2,(H3,17,18,21)/t10-/m0/s1. The molecule has 1 aromatic carbocycles. The van der Waals surface area contributed by atoms with E-state index in [0.29, 0.717) is 28.7 Å². The zero-order chi connectivity index (χ0) is 15.4. The van der Waals surface area contributed by atoms with E-state index in [2.05, 4.69) is 5.32 Å². The maximum absolute atomic E-state index is 12.7. The summed E-state index contributed by atoms with van der Waals surface area (Å²) in [5, 5.41) is 3.40. The zero-order valence-corrected chi connectivity index (χ0v) is 13.0. The minimum Gasteiger partial charge on any atom is -0.352 e. The number of amides is 3. The summed E-state index contributed by atoms with van der Waals surface area (Å²) >= 11 is 12.0. The molecule has 114 valence electrons.